The molecule has 0 aromatic heterocycles. The predicted molar refractivity (Wildman–Crippen MR) is 60.0 cm³/mol. The number of ether oxygens (including phenoxy) is 1. The number of carbonyl (C=O) groups excluding carboxylic acids is 1. The third-order valence-electron chi connectivity index (χ3n) is 1.81. The molecule has 0 unspecified atom stereocenters. The van der Waals surface area contributed by atoms with E-state index in [1.807, 2.05) is 6.92 Å². The van der Waals surface area contributed by atoms with Crippen LogP contribution >= 0.6 is 0 Å². The van der Waals surface area contributed by atoms with Crippen LogP contribution < -0.4 is 5.32 Å². The average Bonchev–Trinajstić information content (AvgIpc) is 2.23. The van der Waals surface area contributed by atoms with Crippen LogP contribution in [0.4, 0.5) is 4.79 Å². The molecule has 0 aromatic carbocycles. The molecule has 0 atom stereocenters. The highest BCUT2D eigenvalue weighted by Gasteiger charge is 1.97. The van der Waals surface area contributed by atoms with E-state index in [-0.39, 0.29) is 6.42 Å². The number of hydrogen-bond acceptors (Lipinski definition) is 3. The molecule has 1 amide bonds. The number of alkyl carbamates (subject to hydrolysis) is 1. The van der Waals surface area contributed by atoms with Crippen LogP contribution in [0.25, 0.3) is 0 Å². The monoisotopic (exact) mass is 229 g/mol. The summed E-state index contributed by atoms with van der Waals surface area (Å²) in [7, 11) is 0. The van der Waals surface area contributed by atoms with Crippen molar-refractivity contribution in [3.05, 3.63) is 12.3 Å². The van der Waals surface area contributed by atoms with Crippen molar-refractivity contribution in [1.29, 1.82) is 0 Å². The SMILES string of the molecule is CCCCOC(=O)NC=CCCCC(=O)O. The Balaban J connectivity index is 3.37. The standard InChI is InChI=1S/C11H19NO4/c1-2-3-9-16-11(15)12-8-6-4-5-7-10(13)14/h6,8H,2-5,7,9H2,1H3,(H,12,15)(H,13,14). The van der Waals surface area contributed by atoms with Crippen LogP contribution in [0.5, 0.6) is 0 Å². The minimum absolute atomic E-state index is 0.144. The summed E-state index contributed by atoms with van der Waals surface area (Å²) in [6, 6.07) is 0. The van der Waals surface area contributed by atoms with Gasteiger partial charge in [-0.1, -0.05) is 19.4 Å². The minimum atomic E-state index is -0.805. The minimum Gasteiger partial charge on any atom is -0.481 e. The molecular formula is C11H19NO4. The first-order chi connectivity index (χ1) is 7.66. The summed E-state index contributed by atoms with van der Waals surface area (Å²) in [6.45, 7) is 2.44. The summed E-state index contributed by atoms with van der Waals surface area (Å²) in [4.78, 5) is 21.2. The topological polar surface area (TPSA) is 75.6 Å². The Kier molecular flexibility index (Phi) is 9.06. The zero-order valence-electron chi connectivity index (χ0n) is 9.57. The quantitative estimate of drug-likeness (QED) is 0.626. The molecule has 5 heteroatoms. The molecule has 0 bridgehead atoms. The Bertz CT molecular complexity index is 238. The maximum atomic E-state index is 11.0. The predicted octanol–water partition coefficient (Wildman–Crippen LogP) is 2.28. The Morgan fingerprint density at radius 2 is 2.12 bits per heavy atom. The first-order valence-electron chi connectivity index (χ1n) is 5.47. The number of amides is 1. The van der Waals surface area contributed by atoms with Crippen LogP contribution in [-0.2, 0) is 9.53 Å². The van der Waals surface area contributed by atoms with Crippen LogP contribution in [0.15, 0.2) is 12.3 Å². The Morgan fingerprint density at radius 3 is 2.75 bits per heavy atom. The highest BCUT2D eigenvalue weighted by Crippen LogP contribution is 1.95. The molecule has 0 radical (unpaired) electrons. The third kappa shape index (κ3) is 10.6. The molecule has 0 aliphatic heterocycles. The molecule has 92 valence electrons. The highest BCUT2D eigenvalue weighted by atomic mass is 16.5. The number of carboxylic acid groups (broad SMARTS) is 1. The summed E-state index contributed by atoms with van der Waals surface area (Å²) < 4.78 is 4.83. The van der Waals surface area contributed by atoms with E-state index in [1.165, 1.54) is 6.20 Å². The maximum absolute atomic E-state index is 11.0. The first kappa shape index (κ1) is 14.5. The lowest BCUT2D eigenvalue weighted by Crippen LogP contribution is -2.18. The Hall–Kier alpha value is -1.52. The summed E-state index contributed by atoms with van der Waals surface area (Å²) in [5, 5.41) is 10.8. The zero-order chi connectivity index (χ0) is 12.2. The van der Waals surface area contributed by atoms with Crippen molar-refractivity contribution in [2.24, 2.45) is 0 Å². The molecule has 0 rings (SSSR count). The maximum Gasteiger partial charge on any atom is 0.411 e. The van der Waals surface area contributed by atoms with Gasteiger partial charge in [-0.25, -0.2) is 4.79 Å². The number of carbonyl (C=O) groups is 2. The van der Waals surface area contributed by atoms with E-state index in [4.69, 9.17) is 9.84 Å². The summed E-state index contributed by atoms with van der Waals surface area (Å²) in [6.07, 6.45) is 5.90. The van der Waals surface area contributed by atoms with Gasteiger partial charge in [0.05, 0.1) is 6.61 Å². The van der Waals surface area contributed by atoms with Gasteiger partial charge in [0, 0.05) is 12.6 Å². The van der Waals surface area contributed by atoms with Gasteiger partial charge in [-0.2, -0.15) is 0 Å². The van der Waals surface area contributed by atoms with E-state index in [0.29, 0.717) is 19.4 Å². The van der Waals surface area contributed by atoms with E-state index in [2.05, 4.69) is 5.32 Å². The van der Waals surface area contributed by atoms with Crippen molar-refractivity contribution in [2.45, 2.75) is 39.0 Å². The normalized spacial score (nSPS) is 10.3. The van der Waals surface area contributed by atoms with Crippen molar-refractivity contribution in [3.63, 3.8) is 0 Å². The van der Waals surface area contributed by atoms with Crippen molar-refractivity contribution in [1.82, 2.24) is 5.32 Å². The molecule has 0 saturated carbocycles. The van der Waals surface area contributed by atoms with Crippen LogP contribution in [-0.4, -0.2) is 23.8 Å². The number of rotatable bonds is 8. The highest BCUT2D eigenvalue weighted by molar-refractivity contribution is 5.68. The summed E-state index contributed by atoms with van der Waals surface area (Å²) in [5.41, 5.74) is 0. The molecule has 0 spiro atoms. The van der Waals surface area contributed by atoms with E-state index in [1.54, 1.807) is 6.08 Å². The molecule has 0 aliphatic carbocycles. The smallest absolute Gasteiger partial charge is 0.411 e. The van der Waals surface area contributed by atoms with Crippen molar-refractivity contribution in [3.8, 4) is 0 Å². The molecule has 5 nitrogen and oxygen atoms in total. The second-order valence-electron chi connectivity index (χ2n) is 3.32. The molecule has 0 heterocycles. The lowest BCUT2D eigenvalue weighted by molar-refractivity contribution is -0.137. The van der Waals surface area contributed by atoms with E-state index in [9.17, 15) is 9.59 Å². The number of hydrogen-bond donors (Lipinski definition) is 2. The van der Waals surface area contributed by atoms with Gasteiger partial charge in [0.25, 0.3) is 0 Å². The van der Waals surface area contributed by atoms with Crippen LogP contribution in [0.1, 0.15) is 39.0 Å². The Morgan fingerprint density at radius 1 is 1.38 bits per heavy atom. The van der Waals surface area contributed by atoms with Crippen molar-refractivity contribution >= 4 is 12.1 Å². The van der Waals surface area contributed by atoms with Crippen LogP contribution in [0.3, 0.4) is 0 Å². The van der Waals surface area contributed by atoms with Gasteiger partial charge in [0.1, 0.15) is 0 Å². The lowest BCUT2D eigenvalue weighted by atomic mass is 10.2. The van der Waals surface area contributed by atoms with Crippen molar-refractivity contribution in [2.75, 3.05) is 6.61 Å². The molecule has 0 fully saturated rings. The van der Waals surface area contributed by atoms with Gasteiger partial charge in [0.2, 0.25) is 0 Å². The number of unbranched alkanes of at least 4 members (excludes halogenated alkanes) is 2. The van der Waals surface area contributed by atoms with Crippen molar-refractivity contribution < 1.29 is 19.4 Å². The second-order valence-corrected chi connectivity index (χ2v) is 3.32. The van der Waals surface area contributed by atoms with E-state index in [0.717, 1.165) is 12.8 Å². The average molecular weight is 229 g/mol. The number of allylic oxidation sites excluding steroid dienone is 1. The molecule has 0 saturated heterocycles. The third-order valence-corrected chi connectivity index (χ3v) is 1.81. The van der Waals surface area contributed by atoms with E-state index >= 15 is 0 Å². The van der Waals surface area contributed by atoms with E-state index < -0.39 is 12.1 Å². The first-order valence-corrected chi connectivity index (χ1v) is 5.47. The molecule has 2 N–H and O–H groups in total. The lowest BCUT2D eigenvalue weighted by Gasteiger charge is -2.01. The van der Waals surface area contributed by atoms with Gasteiger partial charge in [0.15, 0.2) is 0 Å². The summed E-state index contributed by atoms with van der Waals surface area (Å²) >= 11 is 0. The molecule has 0 aliphatic rings. The fraction of sp³-hybridized carbons (Fsp3) is 0.636. The van der Waals surface area contributed by atoms with Gasteiger partial charge in [-0.05, 0) is 19.3 Å². The van der Waals surface area contributed by atoms with Gasteiger partial charge < -0.3 is 9.84 Å². The summed E-state index contributed by atoms with van der Waals surface area (Å²) in [5.74, 6) is -0.805. The molecule has 0 aromatic rings. The number of aliphatic carboxylic acids is 1. The molecule has 16 heavy (non-hydrogen) atoms. The second kappa shape index (κ2) is 10.0. The fourth-order valence-corrected chi connectivity index (χ4v) is 0.932. The Labute approximate surface area is 95.5 Å². The largest absolute Gasteiger partial charge is 0.481 e. The fourth-order valence-electron chi connectivity index (χ4n) is 0.932. The van der Waals surface area contributed by atoms with Gasteiger partial charge in [-0.15, -0.1) is 0 Å². The van der Waals surface area contributed by atoms with Crippen LogP contribution in [0.2, 0.25) is 0 Å². The molecular weight excluding hydrogens is 210 g/mol. The van der Waals surface area contributed by atoms with Gasteiger partial charge in [-0.3, -0.25) is 10.1 Å². The number of nitrogens with one attached hydrogen (secondary N) is 1. The number of carboxylic acids is 1. The zero-order valence-corrected chi connectivity index (χ0v) is 9.57. The van der Waals surface area contributed by atoms with Crippen LogP contribution in [0, 0.1) is 0 Å². The van der Waals surface area contributed by atoms with Gasteiger partial charge >= 0.3 is 12.1 Å².